The van der Waals surface area contributed by atoms with Gasteiger partial charge in [-0.3, -0.25) is 4.99 Å². The van der Waals surface area contributed by atoms with Gasteiger partial charge in [0.2, 0.25) is 12.2 Å². The van der Waals surface area contributed by atoms with Crippen LogP contribution in [-0.2, 0) is 6.42 Å². The van der Waals surface area contributed by atoms with Crippen LogP contribution in [0.2, 0.25) is 0 Å². The minimum atomic E-state index is 0.358. The number of anilines is 1. The standard InChI is InChI=1S/C12H20N8S/c1-15-10(14)20-12-19-9(7-21-12)5-3-4-6-17-11(16-2)18-8-13/h7H,3-6H2,1-2H3,(H2,16,17,18)(H3,14,15,19,20). The maximum atomic E-state index is 8.45. The second kappa shape index (κ2) is 9.55. The molecular weight excluding hydrogens is 288 g/mol. The van der Waals surface area contributed by atoms with E-state index in [0.717, 1.165) is 36.6 Å². The number of nitrogens with one attached hydrogen (secondary N) is 3. The molecule has 0 aliphatic carbocycles. The van der Waals surface area contributed by atoms with Crippen LogP contribution in [0.1, 0.15) is 18.5 Å². The molecule has 8 nitrogen and oxygen atoms in total. The molecule has 1 heterocycles. The fourth-order valence-electron chi connectivity index (χ4n) is 1.52. The Bertz CT molecular complexity index is 528. The zero-order chi connectivity index (χ0) is 15.5. The second-order valence-corrected chi connectivity index (χ2v) is 4.93. The molecule has 0 aliphatic rings. The number of unbranched alkanes of at least 4 members (excludes halogenated alkanes) is 1. The predicted octanol–water partition coefficient (Wildman–Crippen LogP) is 0.468. The number of aryl methyl sites for hydroxylation is 1. The fourth-order valence-corrected chi connectivity index (χ4v) is 2.27. The Kier molecular flexibility index (Phi) is 7.60. The van der Waals surface area contributed by atoms with E-state index in [1.165, 1.54) is 11.3 Å². The summed E-state index contributed by atoms with van der Waals surface area (Å²) in [5, 5.41) is 20.0. The first-order chi connectivity index (χ1) is 10.2. The molecule has 0 spiro atoms. The molecule has 0 bridgehead atoms. The van der Waals surface area contributed by atoms with Crippen molar-refractivity contribution in [1.82, 2.24) is 15.6 Å². The number of hydrogen-bond donors (Lipinski definition) is 4. The van der Waals surface area contributed by atoms with Crippen molar-refractivity contribution in [2.75, 3.05) is 26.0 Å². The van der Waals surface area contributed by atoms with Crippen molar-refractivity contribution in [1.29, 1.82) is 5.26 Å². The van der Waals surface area contributed by atoms with Crippen molar-refractivity contribution in [3.63, 3.8) is 0 Å². The molecule has 0 saturated heterocycles. The summed E-state index contributed by atoms with van der Waals surface area (Å²) in [7, 11) is 3.34. The van der Waals surface area contributed by atoms with Crippen molar-refractivity contribution >= 4 is 28.4 Å². The highest BCUT2D eigenvalue weighted by molar-refractivity contribution is 7.13. The number of hydrogen-bond acceptors (Lipinski definition) is 5. The smallest absolute Gasteiger partial charge is 0.209 e. The first kappa shape index (κ1) is 16.7. The summed E-state index contributed by atoms with van der Waals surface area (Å²) < 4.78 is 0. The fraction of sp³-hybridized carbons (Fsp3) is 0.500. The van der Waals surface area contributed by atoms with E-state index >= 15 is 0 Å². The van der Waals surface area contributed by atoms with Crippen molar-refractivity contribution in [3.05, 3.63) is 11.1 Å². The predicted molar refractivity (Wildman–Crippen MR) is 86.3 cm³/mol. The molecule has 21 heavy (non-hydrogen) atoms. The average Bonchev–Trinajstić information content (AvgIpc) is 2.93. The van der Waals surface area contributed by atoms with Crippen LogP contribution < -0.4 is 21.7 Å². The minimum Gasteiger partial charge on any atom is -0.370 e. The highest BCUT2D eigenvalue weighted by Gasteiger charge is 2.03. The molecule has 0 aliphatic heterocycles. The lowest BCUT2D eigenvalue weighted by molar-refractivity contribution is 0.696. The number of thiazole rings is 1. The number of aromatic nitrogens is 1. The van der Waals surface area contributed by atoms with Crippen LogP contribution in [0.25, 0.3) is 0 Å². The Labute approximate surface area is 128 Å². The van der Waals surface area contributed by atoms with E-state index < -0.39 is 0 Å². The molecule has 1 rings (SSSR count). The van der Waals surface area contributed by atoms with E-state index in [-0.39, 0.29) is 0 Å². The van der Waals surface area contributed by atoms with Crippen LogP contribution in [0.4, 0.5) is 5.13 Å². The van der Waals surface area contributed by atoms with E-state index in [1.54, 1.807) is 20.3 Å². The Morgan fingerprint density at radius 1 is 1.52 bits per heavy atom. The van der Waals surface area contributed by atoms with Crippen molar-refractivity contribution < 1.29 is 0 Å². The summed E-state index contributed by atoms with van der Waals surface area (Å²) in [6.45, 7) is 0.756. The largest absolute Gasteiger partial charge is 0.370 e. The summed E-state index contributed by atoms with van der Waals surface area (Å²) in [6.07, 6.45) is 4.59. The normalized spacial score (nSPS) is 11.9. The third kappa shape index (κ3) is 6.58. The molecule has 114 valence electrons. The third-order valence-electron chi connectivity index (χ3n) is 2.58. The second-order valence-electron chi connectivity index (χ2n) is 4.07. The lowest BCUT2D eigenvalue weighted by Gasteiger charge is -2.06. The summed E-state index contributed by atoms with van der Waals surface area (Å²) in [4.78, 5) is 11.8. The molecule has 0 atom stereocenters. The van der Waals surface area contributed by atoms with E-state index in [9.17, 15) is 0 Å². The topological polar surface area (TPSA) is 124 Å². The number of rotatable bonds is 6. The monoisotopic (exact) mass is 308 g/mol. The van der Waals surface area contributed by atoms with Crippen LogP contribution >= 0.6 is 11.3 Å². The van der Waals surface area contributed by atoms with Gasteiger partial charge in [0, 0.05) is 26.0 Å². The highest BCUT2D eigenvalue weighted by Crippen LogP contribution is 2.16. The molecule has 0 unspecified atom stereocenters. The van der Waals surface area contributed by atoms with E-state index in [2.05, 4.69) is 30.9 Å². The van der Waals surface area contributed by atoms with Gasteiger partial charge >= 0.3 is 0 Å². The average molecular weight is 308 g/mol. The van der Waals surface area contributed by atoms with E-state index in [1.807, 2.05) is 5.38 Å². The van der Waals surface area contributed by atoms with Crippen LogP contribution in [0.3, 0.4) is 0 Å². The van der Waals surface area contributed by atoms with E-state index in [0.29, 0.717) is 11.9 Å². The molecule has 0 aromatic carbocycles. The zero-order valence-electron chi connectivity index (χ0n) is 12.2. The van der Waals surface area contributed by atoms with Crippen molar-refractivity contribution in [2.45, 2.75) is 19.3 Å². The van der Waals surface area contributed by atoms with Gasteiger partial charge in [-0.05, 0) is 19.3 Å². The zero-order valence-corrected chi connectivity index (χ0v) is 13.0. The number of guanidine groups is 2. The first-order valence-electron chi connectivity index (χ1n) is 6.51. The minimum absolute atomic E-state index is 0.358. The number of nitriles is 1. The molecule has 9 heteroatoms. The Balaban J connectivity index is 2.24. The van der Waals surface area contributed by atoms with Gasteiger partial charge in [-0.15, -0.1) is 16.3 Å². The van der Waals surface area contributed by atoms with Crippen LogP contribution in [0, 0.1) is 11.5 Å². The number of nitrogens with two attached hydrogens (primary N) is 1. The summed E-state index contributed by atoms with van der Waals surface area (Å²) in [6, 6.07) is 0. The van der Waals surface area contributed by atoms with Gasteiger partial charge < -0.3 is 21.7 Å². The third-order valence-corrected chi connectivity index (χ3v) is 3.38. The molecule has 0 radical (unpaired) electrons. The molecule has 1 aromatic rings. The molecule has 1 aromatic heterocycles. The summed E-state index contributed by atoms with van der Waals surface area (Å²) in [5.74, 6) is 0.850. The Morgan fingerprint density at radius 3 is 3.00 bits per heavy atom. The molecular formula is C12H20N8S. The number of aliphatic imine (C=N–C) groups is 2. The maximum Gasteiger partial charge on any atom is 0.209 e. The molecule has 5 N–H and O–H groups in total. The van der Waals surface area contributed by atoms with E-state index in [4.69, 9.17) is 11.0 Å². The van der Waals surface area contributed by atoms with Gasteiger partial charge in [0.15, 0.2) is 11.1 Å². The lowest BCUT2D eigenvalue weighted by Crippen LogP contribution is -2.35. The molecule has 0 fully saturated rings. The molecule has 0 saturated carbocycles. The van der Waals surface area contributed by atoms with Gasteiger partial charge in [0.25, 0.3) is 0 Å². The van der Waals surface area contributed by atoms with Gasteiger partial charge in [0.1, 0.15) is 0 Å². The molecule has 0 amide bonds. The van der Waals surface area contributed by atoms with Gasteiger partial charge in [-0.2, -0.15) is 5.26 Å². The first-order valence-corrected chi connectivity index (χ1v) is 7.39. The van der Waals surface area contributed by atoms with Gasteiger partial charge in [0.05, 0.1) is 5.69 Å². The van der Waals surface area contributed by atoms with Gasteiger partial charge in [-0.25, -0.2) is 4.98 Å². The lowest BCUT2D eigenvalue weighted by atomic mass is 10.2. The van der Waals surface area contributed by atoms with Crippen molar-refractivity contribution in [2.24, 2.45) is 15.7 Å². The Hall–Kier alpha value is -2.34. The van der Waals surface area contributed by atoms with Crippen LogP contribution in [-0.4, -0.2) is 37.5 Å². The van der Waals surface area contributed by atoms with Gasteiger partial charge in [-0.1, -0.05) is 0 Å². The Morgan fingerprint density at radius 2 is 2.33 bits per heavy atom. The number of nitrogens with zero attached hydrogens (tertiary/aromatic N) is 4. The van der Waals surface area contributed by atoms with Crippen molar-refractivity contribution in [3.8, 4) is 6.19 Å². The van der Waals surface area contributed by atoms with Crippen LogP contribution in [0.15, 0.2) is 15.4 Å². The summed E-state index contributed by atoms with van der Waals surface area (Å²) >= 11 is 1.51. The quantitative estimate of drug-likeness (QED) is 0.262. The highest BCUT2D eigenvalue weighted by atomic mass is 32.1. The van der Waals surface area contributed by atoms with Crippen LogP contribution in [0.5, 0.6) is 0 Å². The maximum absolute atomic E-state index is 8.45. The SMILES string of the molecule is C/N=C(/N)Nc1nc(CCCCN/C(=N\C#N)NC)cs1. The summed E-state index contributed by atoms with van der Waals surface area (Å²) in [5.41, 5.74) is 6.61.